The van der Waals surface area contributed by atoms with Gasteiger partial charge in [-0.2, -0.15) is 0 Å². The number of aryl methyl sites for hydroxylation is 1. The summed E-state index contributed by atoms with van der Waals surface area (Å²) >= 11 is 4.46. The van der Waals surface area contributed by atoms with E-state index in [2.05, 4.69) is 58.5 Å². The minimum atomic E-state index is 0.199. The topological polar surface area (TPSA) is 0 Å². The van der Waals surface area contributed by atoms with E-state index in [1.807, 2.05) is 0 Å². The highest BCUT2D eigenvalue weighted by molar-refractivity contribution is 7.80. The molecule has 0 bridgehead atoms. The number of thiol groups is 1. The molecule has 0 aliphatic heterocycles. The first kappa shape index (κ1) is 9.66. The summed E-state index contributed by atoms with van der Waals surface area (Å²) in [4.78, 5) is 1.10. The van der Waals surface area contributed by atoms with Crippen LogP contribution in [0.5, 0.6) is 0 Å². The maximum atomic E-state index is 4.46. The van der Waals surface area contributed by atoms with Gasteiger partial charge in [0.1, 0.15) is 0 Å². The summed E-state index contributed by atoms with van der Waals surface area (Å²) < 4.78 is 0. The molecule has 0 aromatic heterocycles. The lowest BCUT2D eigenvalue weighted by atomic mass is 9.86. The molecule has 66 valence electrons. The van der Waals surface area contributed by atoms with Crippen LogP contribution in [0.3, 0.4) is 0 Å². The highest BCUT2D eigenvalue weighted by Gasteiger charge is 2.15. The Kier molecular flexibility index (Phi) is 2.52. The predicted molar refractivity (Wildman–Crippen MR) is 57.1 cm³/mol. The molecule has 1 heteroatoms. The highest BCUT2D eigenvalue weighted by atomic mass is 32.1. The van der Waals surface area contributed by atoms with Crippen molar-refractivity contribution in [2.45, 2.75) is 38.0 Å². The van der Waals surface area contributed by atoms with Crippen molar-refractivity contribution >= 4 is 12.6 Å². The fraction of sp³-hybridized carbons (Fsp3) is 0.455. The lowest BCUT2D eigenvalue weighted by Gasteiger charge is -2.21. The largest absolute Gasteiger partial charge is 0.143 e. The smallest absolute Gasteiger partial charge is 0.00800 e. The Morgan fingerprint density at radius 2 is 1.75 bits per heavy atom. The summed E-state index contributed by atoms with van der Waals surface area (Å²) in [6.07, 6.45) is 0. The fourth-order valence-corrected chi connectivity index (χ4v) is 1.89. The van der Waals surface area contributed by atoms with E-state index in [1.165, 1.54) is 11.1 Å². The van der Waals surface area contributed by atoms with Crippen LogP contribution in [0, 0.1) is 6.92 Å². The summed E-state index contributed by atoms with van der Waals surface area (Å²) in [5, 5.41) is 0. The number of hydrogen-bond donors (Lipinski definition) is 1. The second-order valence-corrected chi connectivity index (χ2v) is 4.75. The molecule has 1 rings (SSSR count). The third kappa shape index (κ3) is 2.04. The molecule has 12 heavy (non-hydrogen) atoms. The molecule has 0 saturated carbocycles. The first-order chi connectivity index (χ1) is 5.41. The van der Waals surface area contributed by atoms with Gasteiger partial charge in [-0.05, 0) is 24.0 Å². The molecule has 0 aliphatic carbocycles. The van der Waals surface area contributed by atoms with E-state index in [0.29, 0.717) is 0 Å². The van der Waals surface area contributed by atoms with E-state index in [4.69, 9.17) is 0 Å². The van der Waals surface area contributed by atoms with Crippen LogP contribution in [0.4, 0.5) is 0 Å². The van der Waals surface area contributed by atoms with Crippen molar-refractivity contribution in [1.29, 1.82) is 0 Å². The molecule has 0 radical (unpaired) electrons. The second-order valence-electron chi connectivity index (χ2n) is 4.27. The minimum absolute atomic E-state index is 0.199. The maximum absolute atomic E-state index is 4.46. The van der Waals surface area contributed by atoms with Crippen LogP contribution in [0.1, 0.15) is 31.9 Å². The van der Waals surface area contributed by atoms with E-state index in [0.717, 1.165) is 4.90 Å². The van der Waals surface area contributed by atoms with Gasteiger partial charge in [0.05, 0.1) is 0 Å². The summed E-state index contributed by atoms with van der Waals surface area (Å²) in [5.41, 5.74) is 2.79. The van der Waals surface area contributed by atoms with Gasteiger partial charge in [-0.15, -0.1) is 12.6 Å². The van der Waals surface area contributed by atoms with Gasteiger partial charge in [0, 0.05) is 4.90 Å². The predicted octanol–water partition coefficient (Wildman–Crippen LogP) is 3.58. The Morgan fingerprint density at radius 3 is 2.17 bits per heavy atom. The molecule has 1 aromatic rings. The number of rotatable bonds is 0. The zero-order valence-electron chi connectivity index (χ0n) is 8.18. The van der Waals surface area contributed by atoms with Gasteiger partial charge in [0.2, 0.25) is 0 Å². The lowest BCUT2D eigenvalue weighted by Crippen LogP contribution is -2.11. The molecule has 0 N–H and O–H groups in total. The van der Waals surface area contributed by atoms with Crippen LogP contribution in [-0.4, -0.2) is 0 Å². The quantitative estimate of drug-likeness (QED) is 0.580. The van der Waals surface area contributed by atoms with Crippen molar-refractivity contribution in [2.75, 3.05) is 0 Å². The number of benzene rings is 1. The lowest BCUT2D eigenvalue weighted by molar-refractivity contribution is 0.578. The Hall–Kier alpha value is -0.430. The van der Waals surface area contributed by atoms with E-state index in [-0.39, 0.29) is 5.41 Å². The first-order valence-corrected chi connectivity index (χ1v) is 4.66. The van der Waals surface area contributed by atoms with Crippen molar-refractivity contribution < 1.29 is 0 Å². The van der Waals surface area contributed by atoms with Gasteiger partial charge >= 0.3 is 0 Å². The molecule has 0 heterocycles. The van der Waals surface area contributed by atoms with Crippen LogP contribution in [0.2, 0.25) is 0 Å². The maximum Gasteiger partial charge on any atom is 0.00800 e. The molecule has 0 saturated heterocycles. The zero-order valence-corrected chi connectivity index (χ0v) is 9.07. The molecule has 0 nitrogen and oxygen atoms in total. The summed E-state index contributed by atoms with van der Waals surface area (Å²) in [7, 11) is 0. The average molecular weight is 180 g/mol. The van der Waals surface area contributed by atoms with Crippen LogP contribution >= 0.6 is 12.6 Å². The summed E-state index contributed by atoms with van der Waals surface area (Å²) in [6.45, 7) is 8.71. The van der Waals surface area contributed by atoms with E-state index in [1.54, 1.807) is 0 Å². The molecule has 0 unspecified atom stereocenters. The van der Waals surface area contributed by atoms with E-state index in [9.17, 15) is 0 Å². The first-order valence-electron chi connectivity index (χ1n) is 4.21. The SMILES string of the molecule is Cc1ccc(C(C)(C)C)c(S)c1. The van der Waals surface area contributed by atoms with Crippen molar-refractivity contribution in [3.63, 3.8) is 0 Å². The molecule has 0 aliphatic rings. The van der Waals surface area contributed by atoms with Crippen molar-refractivity contribution in [2.24, 2.45) is 0 Å². The molecule has 0 atom stereocenters. The molecule has 1 aromatic carbocycles. The third-order valence-corrected chi connectivity index (χ3v) is 2.33. The second kappa shape index (κ2) is 3.14. The Balaban J connectivity index is 3.19. The van der Waals surface area contributed by atoms with E-state index < -0.39 is 0 Å². The normalized spacial score (nSPS) is 11.8. The number of hydrogen-bond acceptors (Lipinski definition) is 1. The van der Waals surface area contributed by atoms with Gasteiger partial charge in [-0.25, -0.2) is 0 Å². The van der Waals surface area contributed by atoms with Crippen LogP contribution in [0.25, 0.3) is 0 Å². The molecule has 0 spiro atoms. The Labute approximate surface area is 80.4 Å². The van der Waals surface area contributed by atoms with Gasteiger partial charge in [0.15, 0.2) is 0 Å². The van der Waals surface area contributed by atoms with Gasteiger partial charge in [0.25, 0.3) is 0 Å². The highest BCUT2D eigenvalue weighted by Crippen LogP contribution is 2.28. The van der Waals surface area contributed by atoms with Gasteiger partial charge in [-0.1, -0.05) is 38.5 Å². The average Bonchev–Trinajstić information content (AvgIpc) is 1.83. The van der Waals surface area contributed by atoms with Crippen LogP contribution in [-0.2, 0) is 5.41 Å². The van der Waals surface area contributed by atoms with Crippen molar-refractivity contribution in [1.82, 2.24) is 0 Å². The fourth-order valence-electron chi connectivity index (χ4n) is 1.28. The minimum Gasteiger partial charge on any atom is -0.143 e. The third-order valence-electron chi connectivity index (χ3n) is 1.96. The standard InChI is InChI=1S/C11H16S/c1-8-5-6-9(10(12)7-8)11(2,3)4/h5-7,12H,1-4H3. The van der Waals surface area contributed by atoms with E-state index >= 15 is 0 Å². The Bertz CT molecular complexity index is 282. The molecular formula is C11H16S. The molecule has 0 fully saturated rings. The summed E-state index contributed by atoms with van der Waals surface area (Å²) in [6, 6.07) is 6.42. The summed E-state index contributed by atoms with van der Waals surface area (Å²) in [5.74, 6) is 0. The van der Waals surface area contributed by atoms with Crippen LogP contribution < -0.4 is 0 Å². The van der Waals surface area contributed by atoms with Gasteiger partial charge in [-0.3, -0.25) is 0 Å². The Morgan fingerprint density at radius 1 is 1.17 bits per heavy atom. The van der Waals surface area contributed by atoms with Gasteiger partial charge < -0.3 is 0 Å². The van der Waals surface area contributed by atoms with Crippen molar-refractivity contribution in [3.8, 4) is 0 Å². The monoisotopic (exact) mass is 180 g/mol. The molecule has 0 amide bonds. The molecular weight excluding hydrogens is 164 g/mol. The van der Waals surface area contributed by atoms with Crippen LogP contribution in [0.15, 0.2) is 23.1 Å². The van der Waals surface area contributed by atoms with Crippen molar-refractivity contribution in [3.05, 3.63) is 29.3 Å². The zero-order chi connectivity index (χ0) is 9.35.